The molecule has 1 atom stereocenters. The Morgan fingerprint density at radius 3 is 2.36 bits per heavy atom. The maximum atomic E-state index is 13.4. The molecule has 1 aliphatic carbocycles. The predicted octanol–water partition coefficient (Wildman–Crippen LogP) is 7.10. The van der Waals surface area contributed by atoms with E-state index in [2.05, 4.69) is 65.3 Å². The highest BCUT2D eigenvalue weighted by Gasteiger charge is 2.23. The number of nitrogens with zero attached hydrogens (tertiary/aromatic N) is 3. The molecule has 3 N–H and O–H groups in total. The fourth-order valence-electron chi connectivity index (χ4n) is 6.45. The molecule has 0 unspecified atom stereocenters. The standard InChI is InChI=1S/C37H42N6O/c1-25(30-17-10-13-27-11-4-6-14-31(27)30)39-36(44)32-15-7-5-12-28(32)24-38-23-26-19-21-29(22-20-26)40-37-41-34-18-9-8-16-33(34)35(42-37)43(2)3/h4-18,25-26,29,38H,19-24H2,1-3H3,(H,39,44)(H,40,41,42)/t25-,26?,29?/m0/s1. The smallest absolute Gasteiger partial charge is 0.252 e. The first-order valence-electron chi connectivity index (χ1n) is 15.7. The zero-order valence-electron chi connectivity index (χ0n) is 25.9. The van der Waals surface area contributed by atoms with Gasteiger partial charge in [0.1, 0.15) is 5.82 Å². The summed E-state index contributed by atoms with van der Waals surface area (Å²) in [6.45, 7) is 3.66. The molecule has 7 nitrogen and oxygen atoms in total. The van der Waals surface area contributed by atoms with Crippen molar-refractivity contribution in [3.63, 3.8) is 0 Å². The van der Waals surface area contributed by atoms with Crippen molar-refractivity contribution in [2.24, 2.45) is 5.92 Å². The third kappa shape index (κ3) is 6.68. The van der Waals surface area contributed by atoms with Gasteiger partial charge in [-0.25, -0.2) is 4.98 Å². The highest BCUT2D eigenvalue weighted by molar-refractivity contribution is 5.96. The lowest BCUT2D eigenvalue weighted by molar-refractivity contribution is 0.0939. The summed E-state index contributed by atoms with van der Waals surface area (Å²) in [6, 6.07) is 30.9. The summed E-state index contributed by atoms with van der Waals surface area (Å²) in [5.74, 6) is 2.21. The number of nitrogens with one attached hydrogen (secondary N) is 3. The van der Waals surface area contributed by atoms with Gasteiger partial charge in [0, 0.05) is 37.6 Å². The van der Waals surface area contributed by atoms with Crippen molar-refractivity contribution in [3.05, 3.63) is 108 Å². The van der Waals surface area contributed by atoms with Gasteiger partial charge in [-0.05, 0) is 85.2 Å². The minimum Gasteiger partial charge on any atom is -0.362 e. The molecule has 1 aromatic heterocycles. The van der Waals surface area contributed by atoms with E-state index >= 15 is 0 Å². The third-order valence-corrected chi connectivity index (χ3v) is 8.83. The number of para-hydroxylation sites is 1. The van der Waals surface area contributed by atoms with E-state index in [0.29, 0.717) is 24.5 Å². The summed E-state index contributed by atoms with van der Waals surface area (Å²) in [4.78, 5) is 25.1. The van der Waals surface area contributed by atoms with Crippen molar-refractivity contribution in [2.45, 2.75) is 51.2 Å². The lowest BCUT2D eigenvalue weighted by atomic mass is 9.86. The van der Waals surface area contributed by atoms with Crippen molar-refractivity contribution < 1.29 is 4.79 Å². The zero-order chi connectivity index (χ0) is 30.5. The van der Waals surface area contributed by atoms with Crippen molar-refractivity contribution in [3.8, 4) is 0 Å². The van der Waals surface area contributed by atoms with E-state index in [1.54, 1.807) is 0 Å². The number of hydrogen-bond donors (Lipinski definition) is 3. The number of amides is 1. The molecular weight excluding hydrogens is 544 g/mol. The van der Waals surface area contributed by atoms with Gasteiger partial charge in [-0.2, -0.15) is 4.98 Å². The Bertz CT molecular complexity index is 1740. The number of rotatable bonds is 10. The molecule has 1 aliphatic rings. The summed E-state index contributed by atoms with van der Waals surface area (Å²) in [5.41, 5.74) is 3.84. The molecule has 4 aromatic carbocycles. The van der Waals surface area contributed by atoms with Gasteiger partial charge in [0.15, 0.2) is 0 Å². The van der Waals surface area contributed by atoms with Crippen LogP contribution >= 0.6 is 0 Å². The van der Waals surface area contributed by atoms with E-state index in [4.69, 9.17) is 9.97 Å². The largest absolute Gasteiger partial charge is 0.362 e. The number of carbonyl (C=O) groups is 1. The number of aromatic nitrogens is 2. The van der Waals surface area contributed by atoms with Gasteiger partial charge in [0.05, 0.1) is 11.6 Å². The third-order valence-electron chi connectivity index (χ3n) is 8.83. The van der Waals surface area contributed by atoms with Gasteiger partial charge in [0.25, 0.3) is 5.91 Å². The van der Waals surface area contributed by atoms with E-state index in [0.717, 1.165) is 65.6 Å². The van der Waals surface area contributed by atoms with Crippen molar-refractivity contribution in [1.29, 1.82) is 0 Å². The van der Waals surface area contributed by atoms with Crippen LogP contribution < -0.4 is 20.9 Å². The van der Waals surface area contributed by atoms with Crippen molar-refractivity contribution in [2.75, 3.05) is 30.9 Å². The molecule has 0 saturated heterocycles. The van der Waals surface area contributed by atoms with Crippen LogP contribution in [-0.2, 0) is 6.54 Å². The molecule has 6 rings (SSSR count). The SMILES string of the molecule is C[C@H](NC(=O)c1ccccc1CNCC1CCC(Nc2nc(N(C)C)c3ccccc3n2)CC1)c1cccc2ccccc12. The summed E-state index contributed by atoms with van der Waals surface area (Å²) >= 11 is 0. The summed E-state index contributed by atoms with van der Waals surface area (Å²) in [6.07, 6.45) is 4.46. The Hall–Kier alpha value is -4.49. The monoisotopic (exact) mass is 586 g/mol. The molecule has 226 valence electrons. The van der Waals surface area contributed by atoms with Gasteiger partial charge in [0.2, 0.25) is 5.95 Å². The van der Waals surface area contributed by atoms with E-state index in [9.17, 15) is 4.79 Å². The van der Waals surface area contributed by atoms with Gasteiger partial charge >= 0.3 is 0 Å². The minimum absolute atomic E-state index is 0.0391. The van der Waals surface area contributed by atoms with Crippen molar-refractivity contribution >= 4 is 39.3 Å². The molecule has 7 heteroatoms. The molecule has 5 aromatic rings. The van der Waals surface area contributed by atoms with Crippen LogP contribution in [0.15, 0.2) is 91.0 Å². The first-order valence-corrected chi connectivity index (χ1v) is 15.7. The van der Waals surface area contributed by atoms with Gasteiger partial charge in [-0.3, -0.25) is 4.79 Å². The van der Waals surface area contributed by atoms with Crippen LogP contribution in [0.2, 0.25) is 0 Å². The molecule has 1 fully saturated rings. The fourth-order valence-corrected chi connectivity index (χ4v) is 6.45. The molecule has 0 radical (unpaired) electrons. The van der Waals surface area contributed by atoms with Crippen molar-refractivity contribution in [1.82, 2.24) is 20.6 Å². The second kappa shape index (κ2) is 13.4. The highest BCUT2D eigenvalue weighted by Crippen LogP contribution is 2.29. The van der Waals surface area contributed by atoms with Crippen LogP contribution in [0.25, 0.3) is 21.7 Å². The Labute approximate surface area is 260 Å². The van der Waals surface area contributed by atoms with E-state index in [-0.39, 0.29) is 11.9 Å². The molecule has 0 aliphatic heterocycles. The molecule has 1 heterocycles. The van der Waals surface area contributed by atoms with Gasteiger partial charge < -0.3 is 20.9 Å². The average molecular weight is 587 g/mol. The zero-order valence-corrected chi connectivity index (χ0v) is 25.9. The van der Waals surface area contributed by atoms with E-state index < -0.39 is 0 Å². The number of hydrogen-bond acceptors (Lipinski definition) is 6. The molecule has 1 amide bonds. The Kier molecular flexibility index (Phi) is 9.03. The predicted molar refractivity (Wildman–Crippen MR) is 181 cm³/mol. The topological polar surface area (TPSA) is 82.2 Å². The van der Waals surface area contributed by atoms with Gasteiger partial charge in [-0.15, -0.1) is 0 Å². The number of anilines is 2. The normalized spacial score (nSPS) is 17.3. The van der Waals surface area contributed by atoms with E-state index in [1.807, 2.05) is 67.5 Å². The van der Waals surface area contributed by atoms with Crippen LogP contribution in [0.3, 0.4) is 0 Å². The number of carbonyl (C=O) groups excluding carboxylic acids is 1. The number of benzene rings is 4. The lowest BCUT2D eigenvalue weighted by Crippen LogP contribution is -2.32. The summed E-state index contributed by atoms with van der Waals surface area (Å²) in [5, 5.41) is 13.9. The second-order valence-electron chi connectivity index (χ2n) is 12.2. The van der Waals surface area contributed by atoms with E-state index in [1.165, 1.54) is 10.8 Å². The second-order valence-corrected chi connectivity index (χ2v) is 12.2. The summed E-state index contributed by atoms with van der Waals surface area (Å²) < 4.78 is 0. The quantitative estimate of drug-likeness (QED) is 0.162. The average Bonchev–Trinajstić information content (AvgIpc) is 3.05. The Balaban J connectivity index is 1.01. The Morgan fingerprint density at radius 2 is 1.55 bits per heavy atom. The first kappa shape index (κ1) is 29.6. The maximum Gasteiger partial charge on any atom is 0.252 e. The molecule has 0 bridgehead atoms. The maximum absolute atomic E-state index is 13.4. The molecule has 44 heavy (non-hydrogen) atoms. The van der Waals surface area contributed by atoms with Crippen LogP contribution in [0.1, 0.15) is 60.1 Å². The lowest BCUT2D eigenvalue weighted by Gasteiger charge is -2.29. The van der Waals surface area contributed by atoms with Crippen LogP contribution in [0.5, 0.6) is 0 Å². The number of fused-ring (bicyclic) bond motifs is 2. The molecule has 0 spiro atoms. The molecule has 1 saturated carbocycles. The van der Waals surface area contributed by atoms with Crippen LogP contribution in [0.4, 0.5) is 11.8 Å². The highest BCUT2D eigenvalue weighted by atomic mass is 16.1. The van der Waals surface area contributed by atoms with Gasteiger partial charge in [-0.1, -0.05) is 72.8 Å². The first-order chi connectivity index (χ1) is 21.5. The van der Waals surface area contributed by atoms with Crippen LogP contribution in [0, 0.1) is 5.92 Å². The fraction of sp³-hybridized carbons (Fsp3) is 0.324. The minimum atomic E-state index is -0.104. The summed E-state index contributed by atoms with van der Waals surface area (Å²) in [7, 11) is 4.04. The Morgan fingerprint density at radius 1 is 0.841 bits per heavy atom. The molecular formula is C37H42N6O. The van der Waals surface area contributed by atoms with Crippen LogP contribution in [-0.4, -0.2) is 42.6 Å².